The lowest BCUT2D eigenvalue weighted by Crippen LogP contribution is -2.34. The zero-order chi connectivity index (χ0) is 35.9. The number of nitrogens with zero attached hydrogens (tertiary/aromatic N) is 1. The summed E-state index contributed by atoms with van der Waals surface area (Å²) < 4.78 is 29.2. The van der Waals surface area contributed by atoms with Crippen molar-refractivity contribution in [3.05, 3.63) is 92.2 Å². The molecule has 2 unspecified atom stereocenters. The number of hydrogen-bond acceptors (Lipinski definition) is 9. The third kappa shape index (κ3) is 7.60. The van der Waals surface area contributed by atoms with Gasteiger partial charge in [0.05, 0.1) is 50.0 Å². The first-order valence-corrected chi connectivity index (χ1v) is 17.4. The Kier molecular flexibility index (Phi) is 11.8. The normalized spacial score (nSPS) is 17.0. The molecule has 3 aromatic rings. The number of carbonyl (C=O) groups is 2. The molecule has 1 heterocycles. The van der Waals surface area contributed by atoms with E-state index >= 15 is 0 Å². The number of nitrogens with one attached hydrogen (secondary N) is 2. The predicted molar refractivity (Wildman–Crippen MR) is 194 cm³/mol. The molecule has 0 spiro atoms. The number of dihydropyridines is 1. The average molecular weight is 745 g/mol. The lowest BCUT2D eigenvalue weighted by molar-refractivity contribution is -0.117. The van der Waals surface area contributed by atoms with Gasteiger partial charge in [-0.25, -0.2) is 0 Å². The Hall–Kier alpha value is -4.95. The third-order valence-corrected chi connectivity index (χ3v) is 9.48. The molecule has 0 saturated carbocycles. The molecule has 3 aromatic carbocycles. The van der Waals surface area contributed by atoms with Crippen molar-refractivity contribution in [1.82, 2.24) is 5.32 Å². The van der Waals surface area contributed by atoms with Crippen LogP contribution in [0, 0.1) is 17.2 Å². The zero-order valence-corrected chi connectivity index (χ0v) is 30.8. The van der Waals surface area contributed by atoms with E-state index in [0.717, 1.165) is 41.8 Å². The number of anilines is 1. The van der Waals surface area contributed by atoms with Crippen molar-refractivity contribution < 1.29 is 33.3 Å². The number of hydrogen-bond donors (Lipinski definition) is 2. The number of methoxy groups -OCH3 is 3. The summed E-state index contributed by atoms with van der Waals surface area (Å²) in [6.45, 7) is 6.47. The molecule has 50 heavy (non-hydrogen) atoms. The van der Waals surface area contributed by atoms with Crippen LogP contribution in [0.2, 0.25) is 0 Å². The number of nitriles is 1. The van der Waals surface area contributed by atoms with Crippen molar-refractivity contribution in [2.45, 2.75) is 59.0 Å². The standard InChI is InChI=1S/C39H42BrN3O7/c1-7-10-23-14-30-36(31(44)15-23)35(28(20-41)22(3)42-30)25-16-29(40)37(34(17-25)49-8-2)50-21-24-11-9-12-27(13-24)43-39(45)26-18-32(46-4)38(48-6)33(19-26)47-5/h9,11-13,16-19,23,35,42H,7-8,10,14-15,21H2,1-6H3,(H,43,45). The van der Waals surface area contributed by atoms with E-state index in [1.807, 2.05) is 44.2 Å². The van der Waals surface area contributed by atoms with E-state index in [-0.39, 0.29) is 18.3 Å². The SMILES string of the molecule is CCCC1CC(=O)C2=C(C1)NC(C)=C(C#N)C2c1cc(Br)c(OCc2cccc(NC(=O)c3cc(OC)c(OC)c(OC)c3)c2)c(OCC)c1. The van der Waals surface area contributed by atoms with Gasteiger partial charge in [-0.1, -0.05) is 25.5 Å². The van der Waals surface area contributed by atoms with Crippen molar-refractivity contribution in [1.29, 1.82) is 5.26 Å². The van der Waals surface area contributed by atoms with Gasteiger partial charge in [0.15, 0.2) is 28.8 Å². The summed E-state index contributed by atoms with van der Waals surface area (Å²) in [5.41, 5.74) is 5.33. The van der Waals surface area contributed by atoms with Crippen molar-refractivity contribution in [2.24, 2.45) is 5.92 Å². The van der Waals surface area contributed by atoms with Gasteiger partial charge in [0, 0.05) is 34.6 Å². The molecule has 0 fully saturated rings. The number of Topliss-reactive ketones (excluding diaryl/α,β-unsaturated/α-hetero) is 1. The molecule has 10 nitrogen and oxygen atoms in total. The summed E-state index contributed by atoms with van der Waals surface area (Å²) in [6, 6.07) is 16.7. The molecule has 2 atom stereocenters. The highest BCUT2D eigenvalue weighted by molar-refractivity contribution is 9.10. The van der Waals surface area contributed by atoms with Gasteiger partial charge in [-0.05, 0) is 96.1 Å². The first-order chi connectivity index (χ1) is 24.1. The molecule has 0 radical (unpaired) electrons. The Labute approximate surface area is 301 Å². The molecule has 5 rings (SSSR count). The van der Waals surface area contributed by atoms with E-state index in [1.165, 1.54) is 21.3 Å². The van der Waals surface area contributed by atoms with Crippen LogP contribution in [0.25, 0.3) is 0 Å². The van der Waals surface area contributed by atoms with Gasteiger partial charge in [0.1, 0.15) is 6.61 Å². The largest absolute Gasteiger partial charge is 0.493 e. The fraction of sp³-hybridized carbons (Fsp3) is 0.359. The topological polar surface area (TPSA) is 128 Å². The molecule has 1 amide bonds. The fourth-order valence-electron chi connectivity index (χ4n) is 6.68. The number of ether oxygens (including phenoxy) is 5. The lowest BCUT2D eigenvalue weighted by Gasteiger charge is -2.35. The number of carbonyl (C=O) groups excluding carboxylic acids is 2. The fourth-order valence-corrected chi connectivity index (χ4v) is 7.26. The first-order valence-electron chi connectivity index (χ1n) is 16.6. The van der Waals surface area contributed by atoms with Gasteiger partial charge in [-0.15, -0.1) is 0 Å². The lowest BCUT2D eigenvalue weighted by atomic mass is 9.72. The number of amides is 1. The second-order valence-electron chi connectivity index (χ2n) is 12.2. The van der Waals surface area contributed by atoms with Crippen LogP contribution in [0.4, 0.5) is 5.69 Å². The van der Waals surface area contributed by atoms with Crippen LogP contribution in [-0.2, 0) is 11.4 Å². The summed E-state index contributed by atoms with van der Waals surface area (Å²) >= 11 is 3.70. The predicted octanol–water partition coefficient (Wildman–Crippen LogP) is 8.22. The molecule has 262 valence electrons. The van der Waals surface area contributed by atoms with Crippen molar-refractivity contribution in [3.63, 3.8) is 0 Å². The van der Waals surface area contributed by atoms with Crippen molar-refractivity contribution >= 4 is 33.3 Å². The Morgan fingerprint density at radius 2 is 1.72 bits per heavy atom. The van der Waals surface area contributed by atoms with Crippen LogP contribution in [0.15, 0.2) is 75.5 Å². The van der Waals surface area contributed by atoms with Crippen LogP contribution in [0.3, 0.4) is 0 Å². The Morgan fingerprint density at radius 1 is 0.980 bits per heavy atom. The molecule has 11 heteroatoms. The minimum absolute atomic E-state index is 0.0779. The number of benzene rings is 3. The van der Waals surface area contributed by atoms with Gasteiger partial charge in [-0.2, -0.15) is 5.26 Å². The molecule has 0 bridgehead atoms. The van der Waals surface area contributed by atoms with Crippen LogP contribution in [-0.4, -0.2) is 39.6 Å². The summed E-state index contributed by atoms with van der Waals surface area (Å²) in [4.78, 5) is 26.8. The first kappa shape index (κ1) is 36.3. The number of ketones is 1. The smallest absolute Gasteiger partial charge is 0.255 e. The minimum atomic E-state index is -0.512. The van der Waals surface area contributed by atoms with Crippen molar-refractivity contribution in [2.75, 3.05) is 33.3 Å². The van der Waals surface area contributed by atoms with E-state index in [9.17, 15) is 14.9 Å². The van der Waals surface area contributed by atoms with Gasteiger partial charge < -0.3 is 34.3 Å². The van der Waals surface area contributed by atoms with Gasteiger partial charge >= 0.3 is 0 Å². The molecular formula is C39H42BrN3O7. The average Bonchev–Trinajstić information content (AvgIpc) is 3.10. The van der Waals surface area contributed by atoms with Crippen LogP contribution in [0.5, 0.6) is 28.7 Å². The molecular weight excluding hydrogens is 702 g/mol. The zero-order valence-electron chi connectivity index (χ0n) is 29.2. The molecule has 1 aliphatic heterocycles. The van der Waals surface area contributed by atoms with E-state index in [0.29, 0.717) is 74.6 Å². The van der Waals surface area contributed by atoms with E-state index in [1.54, 1.807) is 18.2 Å². The highest BCUT2D eigenvalue weighted by atomic mass is 79.9. The van der Waals surface area contributed by atoms with Crippen LogP contribution >= 0.6 is 15.9 Å². The summed E-state index contributed by atoms with van der Waals surface area (Å²) in [6.07, 6.45) is 3.26. The molecule has 0 saturated heterocycles. The van der Waals surface area contributed by atoms with Gasteiger partial charge in [0.25, 0.3) is 5.91 Å². The second-order valence-corrected chi connectivity index (χ2v) is 13.1. The number of halogens is 1. The van der Waals surface area contributed by atoms with Gasteiger partial charge in [0.2, 0.25) is 5.75 Å². The maximum atomic E-state index is 13.6. The molecule has 1 aliphatic carbocycles. The highest BCUT2D eigenvalue weighted by Crippen LogP contribution is 2.47. The molecule has 2 N–H and O–H groups in total. The van der Waals surface area contributed by atoms with Crippen LogP contribution in [0.1, 0.15) is 73.9 Å². The number of allylic oxidation sites excluding steroid dienone is 4. The second kappa shape index (κ2) is 16.2. The monoisotopic (exact) mass is 743 g/mol. The highest BCUT2D eigenvalue weighted by Gasteiger charge is 2.39. The maximum Gasteiger partial charge on any atom is 0.255 e. The Bertz CT molecular complexity index is 1870. The maximum absolute atomic E-state index is 13.6. The van der Waals surface area contributed by atoms with Crippen LogP contribution < -0.4 is 34.3 Å². The molecule has 2 aliphatic rings. The summed E-state index contributed by atoms with van der Waals surface area (Å²) in [5, 5.41) is 16.5. The summed E-state index contributed by atoms with van der Waals surface area (Å²) in [5.74, 6) is 1.63. The van der Waals surface area contributed by atoms with Gasteiger partial charge in [-0.3, -0.25) is 9.59 Å². The third-order valence-electron chi connectivity index (χ3n) is 8.89. The van der Waals surface area contributed by atoms with E-state index in [2.05, 4.69) is 39.6 Å². The number of rotatable bonds is 13. The Balaban J connectivity index is 1.39. The molecule has 0 aromatic heterocycles. The van der Waals surface area contributed by atoms with Crippen molar-refractivity contribution in [3.8, 4) is 34.8 Å². The van der Waals surface area contributed by atoms with E-state index < -0.39 is 5.92 Å². The quantitative estimate of drug-likeness (QED) is 0.178. The summed E-state index contributed by atoms with van der Waals surface area (Å²) in [7, 11) is 4.49. The minimum Gasteiger partial charge on any atom is -0.493 e. The Morgan fingerprint density at radius 3 is 2.36 bits per heavy atom. The van der Waals surface area contributed by atoms with E-state index in [4.69, 9.17) is 23.7 Å².